The molecule has 1 aromatic heterocycles. The molecule has 2 saturated heterocycles. The Hall–Kier alpha value is -2.05. The van der Waals surface area contributed by atoms with Crippen LogP contribution >= 0.6 is 11.3 Å². The molecule has 2 aliphatic rings. The first-order valence-electron chi connectivity index (χ1n) is 13.0. The Balaban J connectivity index is 1.10. The van der Waals surface area contributed by atoms with Crippen LogP contribution in [-0.4, -0.2) is 49.1 Å². The summed E-state index contributed by atoms with van der Waals surface area (Å²) in [5, 5.41) is 4.59. The van der Waals surface area contributed by atoms with Crippen molar-refractivity contribution in [1.29, 1.82) is 0 Å². The lowest BCUT2D eigenvalue weighted by Gasteiger charge is -2.34. The van der Waals surface area contributed by atoms with Crippen LogP contribution in [0.4, 0.5) is 4.39 Å². The molecule has 0 aliphatic carbocycles. The second-order valence-corrected chi connectivity index (χ2v) is 11.3. The first-order valence-corrected chi connectivity index (χ1v) is 13.9. The Kier molecular flexibility index (Phi) is 8.30. The number of nitrogens with zero attached hydrogens (tertiary/aromatic N) is 2. The van der Waals surface area contributed by atoms with Gasteiger partial charge in [-0.1, -0.05) is 42.0 Å². The van der Waals surface area contributed by atoms with Crippen molar-refractivity contribution in [3.05, 3.63) is 93.4 Å². The topological polar surface area (TPSA) is 15.7 Å². The second kappa shape index (κ2) is 11.8. The smallest absolute Gasteiger partial charge is 0.123 e. The Morgan fingerprint density at radius 2 is 1.66 bits per heavy atom. The van der Waals surface area contributed by atoms with Gasteiger partial charge in [0.05, 0.1) is 6.61 Å². The van der Waals surface area contributed by atoms with Gasteiger partial charge in [-0.2, -0.15) is 11.3 Å². The van der Waals surface area contributed by atoms with E-state index in [1.807, 2.05) is 23.5 Å². The van der Waals surface area contributed by atoms with Gasteiger partial charge in [0.2, 0.25) is 0 Å². The van der Waals surface area contributed by atoms with E-state index in [-0.39, 0.29) is 5.82 Å². The molecule has 2 fully saturated rings. The number of hydrogen-bond donors (Lipinski definition) is 0. The molecular formula is C30H37FN2OS. The fourth-order valence-electron chi connectivity index (χ4n) is 5.68. The van der Waals surface area contributed by atoms with E-state index in [1.165, 1.54) is 54.8 Å². The molecule has 0 N–H and O–H groups in total. The molecular weight excluding hydrogens is 455 g/mol. The molecule has 5 heteroatoms. The first kappa shape index (κ1) is 24.6. The highest BCUT2D eigenvalue weighted by molar-refractivity contribution is 7.08. The molecule has 3 heterocycles. The van der Waals surface area contributed by atoms with E-state index in [1.54, 1.807) is 0 Å². The third-order valence-electron chi connectivity index (χ3n) is 7.75. The van der Waals surface area contributed by atoms with Gasteiger partial charge in [-0.25, -0.2) is 4.39 Å². The maximum absolute atomic E-state index is 13.1. The number of benzene rings is 2. The van der Waals surface area contributed by atoms with E-state index in [2.05, 4.69) is 57.8 Å². The van der Waals surface area contributed by atoms with Crippen molar-refractivity contribution in [1.82, 2.24) is 9.80 Å². The highest BCUT2D eigenvalue weighted by Crippen LogP contribution is 2.36. The number of hydrogen-bond acceptors (Lipinski definition) is 4. The van der Waals surface area contributed by atoms with Crippen LogP contribution in [0.2, 0.25) is 0 Å². The normalized spacial score (nSPS) is 22.1. The Morgan fingerprint density at radius 1 is 0.914 bits per heavy atom. The number of halogens is 1. The predicted octanol–water partition coefficient (Wildman–Crippen LogP) is 6.34. The quantitative estimate of drug-likeness (QED) is 0.347. The monoisotopic (exact) mass is 492 g/mol. The van der Waals surface area contributed by atoms with Crippen molar-refractivity contribution in [2.45, 2.75) is 38.8 Å². The van der Waals surface area contributed by atoms with Gasteiger partial charge in [-0.3, -0.25) is 4.90 Å². The zero-order chi connectivity index (χ0) is 24.0. The summed E-state index contributed by atoms with van der Waals surface area (Å²) in [5.41, 5.74) is 5.31. The average Bonchev–Trinajstić information content (AvgIpc) is 3.53. The number of piperidine rings is 1. The summed E-state index contributed by atoms with van der Waals surface area (Å²) in [6, 6.07) is 18.0. The third-order valence-corrected chi connectivity index (χ3v) is 8.45. The number of likely N-dealkylation sites (tertiary alicyclic amines) is 2. The summed E-state index contributed by atoms with van der Waals surface area (Å²) >= 11 is 1.82. The van der Waals surface area contributed by atoms with Crippen molar-refractivity contribution in [3.63, 3.8) is 0 Å². The van der Waals surface area contributed by atoms with Gasteiger partial charge in [0.25, 0.3) is 0 Å². The molecule has 3 aromatic rings. The number of rotatable bonds is 9. The van der Waals surface area contributed by atoms with Crippen LogP contribution in [0.25, 0.3) is 0 Å². The van der Waals surface area contributed by atoms with Crippen LogP contribution in [0.5, 0.6) is 0 Å². The zero-order valence-corrected chi connectivity index (χ0v) is 21.6. The number of thiophene rings is 1. The van der Waals surface area contributed by atoms with Gasteiger partial charge in [0.15, 0.2) is 0 Å². The lowest BCUT2D eigenvalue weighted by Crippen LogP contribution is -2.39. The molecule has 0 amide bonds. The van der Waals surface area contributed by atoms with Crippen LogP contribution < -0.4 is 0 Å². The van der Waals surface area contributed by atoms with Crippen LogP contribution in [-0.2, 0) is 17.9 Å². The molecule has 1 unspecified atom stereocenters. The summed E-state index contributed by atoms with van der Waals surface area (Å²) < 4.78 is 19.0. The van der Waals surface area contributed by atoms with E-state index in [9.17, 15) is 4.39 Å². The fourth-order valence-corrected chi connectivity index (χ4v) is 6.41. The Morgan fingerprint density at radius 3 is 2.37 bits per heavy atom. The molecule has 2 aliphatic heterocycles. The third kappa shape index (κ3) is 6.79. The minimum Gasteiger partial charge on any atom is -0.376 e. The van der Waals surface area contributed by atoms with E-state index in [0.717, 1.165) is 38.3 Å². The summed E-state index contributed by atoms with van der Waals surface area (Å²) in [4.78, 5) is 5.35. The van der Waals surface area contributed by atoms with Crippen molar-refractivity contribution in [3.8, 4) is 0 Å². The van der Waals surface area contributed by atoms with Crippen molar-refractivity contribution >= 4 is 11.3 Å². The average molecular weight is 493 g/mol. The van der Waals surface area contributed by atoms with E-state index in [4.69, 9.17) is 4.74 Å². The lowest BCUT2D eigenvalue weighted by atomic mass is 9.89. The van der Waals surface area contributed by atoms with E-state index < -0.39 is 0 Å². The largest absolute Gasteiger partial charge is 0.376 e. The molecule has 186 valence electrons. The summed E-state index contributed by atoms with van der Waals surface area (Å²) in [6.07, 6.45) is 2.40. The first-order chi connectivity index (χ1) is 17.1. The minimum absolute atomic E-state index is 0.192. The number of ether oxygens (including phenoxy) is 1. The molecule has 3 nitrogen and oxygen atoms in total. The van der Waals surface area contributed by atoms with Gasteiger partial charge in [0, 0.05) is 38.7 Å². The molecule has 0 spiro atoms. The minimum atomic E-state index is -0.192. The molecule has 35 heavy (non-hydrogen) atoms. The summed E-state index contributed by atoms with van der Waals surface area (Å²) in [5.74, 6) is 1.74. The summed E-state index contributed by atoms with van der Waals surface area (Å²) in [6.45, 7) is 10.4. The molecule has 2 atom stereocenters. The molecule has 5 rings (SSSR count). The van der Waals surface area contributed by atoms with Crippen molar-refractivity contribution < 1.29 is 9.13 Å². The fraction of sp³-hybridized carbons (Fsp3) is 0.467. The molecule has 0 bridgehead atoms. The van der Waals surface area contributed by atoms with Crippen LogP contribution in [0.15, 0.2) is 65.4 Å². The Bertz CT molecular complexity index is 1030. The van der Waals surface area contributed by atoms with E-state index in [0.29, 0.717) is 24.4 Å². The molecule has 0 radical (unpaired) electrons. The SMILES string of the molecule is Cc1ccc(CN2CC(c3ccsc3)[C@H](CN3CCC(COCc4ccc(F)cc4)CC3)C2)cc1. The predicted molar refractivity (Wildman–Crippen MR) is 142 cm³/mol. The molecule has 2 aromatic carbocycles. The second-order valence-electron chi connectivity index (χ2n) is 10.5. The van der Waals surface area contributed by atoms with Gasteiger partial charge >= 0.3 is 0 Å². The van der Waals surface area contributed by atoms with Gasteiger partial charge < -0.3 is 9.64 Å². The Labute approximate surface area is 213 Å². The maximum Gasteiger partial charge on any atom is 0.123 e. The van der Waals surface area contributed by atoms with Gasteiger partial charge in [-0.05, 0) is 90.3 Å². The zero-order valence-electron chi connectivity index (χ0n) is 20.7. The van der Waals surface area contributed by atoms with Crippen LogP contribution in [0.3, 0.4) is 0 Å². The van der Waals surface area contributed by atoms with Gasteiger partial charge in [0.1, 0.15) is 5.82 Å². The van der Waals surface area contributed by atoms with Crippen molar-refractivity contribution in [2.24, 2.45) is 11.8 Å². The van der Waals surface area contributed by atoms with Crippen molar-refractivity contribution in [2.75, 3.05) is 39.3 Å². The van der Waals surface area contributed by atoms with Gasteiger partial charge in [-0.15, -0.1) is 0 Å². The maximum atomic E-state index is 13.1. The lowest BCUT2D eigenvalue weighted by molar-refractivity contribution is 0.0542. The molecule has 0 saturated carbocycles. The van der Waals surface area contributed by atoms with E-state index >= 15 is 0 Å². The highest BCUT2D eigenvalue weighted by Gasteiger charge is 2.35. The summed E-state index contributed by atoms with van der Waals surface area (Å²) in [7, 11) is 0. The van der Waals surface area contributed by atoms with Crippen LogP contribution in [0, 0.1) is 24.6 Å². The highest BCUT2D eigenvalue weighted by atomic mass is 32.1. The van der Waals surface area contributed by atoms with Crippen LogP contribution in [0.1, 0.15) is 41.0 Å². The standard InChI is InChI=1S/C30H37FN2OS/c1-23-2-4-24(5-3-23)16-33-18-28(30(19-33)27-12-15-35-22-27)17-32-13-10-26(11-14-32)21-34-20-25-6-8-29(31)9-7-25/h2-9,12,15,22,26,28,30H,10-11,13-14,16-21H2,1H3/t28-,30?/m1/s1. The number of aryl methyl sites for hydroxylation is 1.